The van der Waals surface area contributed by atoms with Crippen molar-refractivity contribution in [3.8, 4) is 39.7 Å². The summed E-state index contributed by atoms with van der Waals surface area (Å²) in [5, 5.41) is 38.8. The first-order chi connectivity index (χ1) is 28.0. The first-order valence-corrected chi connectivity index (χ1v) is 21.2. The maximum Gasteiger partial charge on any atom is 0.215 e. The molecule has 0 aliphatic carbocycles. The minimum atomic E-state index is -0.699. The average Bonchev–Trinajstić information content (AvgIpc) is 4.01. The summed E-state index contributed by atoms with van der Waals surface area (Å²) in [5.41, 5.74) is 1.68. The summed E-state index contributed by atoms with van der Waals surface area (Å²) in [7, 11) is 0. The normalized spacial score (nSPS) is 11.5. The molecular weight excluding hydrogens is 822 g/mol. The molecule has 306 valence electrons. The molecule has 0 radical (unpaired) electrons. The first-order valence-electron chi connectivity index (χ1n) is 19.7. The number of aromatic nitrogens is 8. The summed E-state index contributed by atoms with van der Waals surface area (Å²) in [6.07, 6.45) is 17.5. The summed E-state index contributed by atoms with van der Waals surface area (Å²) in [6.45, 7) is 5.84. The van der Waals surface area contributed by atoms with Crippen LogP contribution in [0.25, 0.3) is 28.2 Å². The number of aromatic hydroxyl groups is 2. The number of rotatable bonds is 21. The Morgan fingerprint density at radius 2 is 1.14 bits per heavy atom. The number of phenols is 2. The number of nitrogens with one attached hydrogen (secondary N) is 1. The zero-order valence-corrected chi connectivity index (χ0v) is 35.5. The molecule has 0 aliphatic heterocycles. The van der Waals surface area contributed by atoms with Crippen LogP contribution in [-0.2, 0) is 13.1 Å². The minimum absolute atomic E-state index is 0.0216. The largest absolute Gasteiger partial charge is 0.507 e. The lowest BCUT2D eigenvalue weighted by molar-refractivity contribution is 0.101. The number of carbonyl (C=O) groups is 2. The van der Waals surface area contributed by atoms with Crippen LogP contribution in [0.15, 0.2) is 54.9 Å². The molecule has 0 fully saturated rings. The van der Waals surface area contributed by atoms with Gasteiger partial charge >= 0.3 is 0 Å². The molecule has 0 amide bonds. The number of aryl methyl sites for hydroxylation is 2. The Bertz CT molecular complexity index is 2220. The molecule has 0 unspecified atom stereocenters. The number of nitrogens with zero attached hydrogens (tertiary/aromatic N) is 7. The van der Waals surface area contributed by atoms with Gasteiger partial charge in [0.2, 0.25) is 11.6 Å². The number of hydrogen-bond acceptors (Lipinski definition) is 8. The Kier molecular flexibility index (Phi) is 14.7. The standard InChI is InChI=1S/C42H46Cl4N8O4/c1-3-5-7-9-11-13-19-52-24-31(48-50-52)26-15-17-28(34(55)21-26)39(57)33-23-30(43)42(46)54(33)38-36(44)41(45)47-37(38)40(58)29-18-16-27(22-35(29)56)32-25-53(51-49-32)20-14-12-10-8-6-4-2/h15-18,21-25,47,55-56H,3-14,19-20H2,1-2H3. The highest BCUT2D eigenvalue weighted by Gasteiger charge is 2.31. The highest BCUT2D eigenvalue weighted by molar-refractivity contribution is 6.45. The van der Waals surface area contributed by atoms with Gasteiger partial charge in [0.15, 0.2) is 0 Å². The smallest absolute Gasteiger partial charge is 0.215 e. The van der Waals surface area contributed by atoms with Crippen LogP contribution in [0.4, 0.5) is 0 Å². The summed E-state index contributed by atoms with van der Waals surface area (Å²) >= 11 is 26.3. The Morgan fingerprint density at radius 3 is 1.64 bits per heavy atom. The molecule has 0 spiro atoms. The van der Waals surface area contributed by atoms with Crippen molar-refractivity contribution in [2.45, 2.75) is 104 Å². The van der Waals surface area contributed by atoms with Crippen LogP contribution in [0.1, 0.15) is 123 Å². The predicted octanol–water partition coefficient (Wildman–Crippen LogP) is 11.5. The SMILES string of the molecule is CCCCCCCCn1cc(-c2ccc(C(=O)c3[nH]c(Cl)c(Cl)c3-n3c(C(=O)c4ccc(-c5cn(CCCCCCCC)nn5)cc4O)cc(Cl)c3Cl)c(O)c2)nn1. The molecule has 0 bridgehead atoms. The number of hydrogen-bond donors (Lipinski definition) is 3. The summed E-state index contributed by atoms with van der Waals surface area (Å²) < 4.78 is 4.73. The van der Waals surface area contributed by atoms with Gasteiger partial charge in [0.05, 0.1) is 39.9 Å². The van der Waals surface area contributed by atoms with Crippen LogP contribution >= 0.6 is 46.4 Å². The first kappa shape index (κ1) is 43.0. The molecule has 6 rings (SSSR count). The van der Waals surface area contributed by atoms with E-state index in [1.165, 1.54) is 86.3 Å². The van der Waals surface area contributed by atoms with Crippen molar-refractivity contribution in [3.63, 3.8) is 0 Å². The Labute approximate surface area is 357 Å². The Hall–Kier alpha value is -4.62. The molecule has 0 aliphatic rings. The molecule has 0 saturated heterocycles. The van der Waals surface area contributed by atoms with Crippen molar-refractivity contribution in [1.29, 1.82) is 0 Å². The van der Waals surface area contributed by atoms with Gasteiger partial charge in [0, 0.05) is 24.2 Å². The molecule has 0 atom stereocenters. The van der Waals surface area contributed by atoms with Gasteiger partial charge in [0.1, 0.15) is 43.9 Å². The lowest BCUT2D eigenvalue weighted by Gasteiger charge is -2.13. The summed E-state index contributed by atoms with van der Waals surface area (Å²) in [5.74, 6) is -2.03. The lowest BCUT2D eigenvalue weighted by Crippen LogP contribution is -2.13. The van der Waals surface area contributed by atoms with Crippen LogP contribution in [0.3, 0.4) is 0 Å². The van der Waals surface area contributed by atoms with Gasteiger partial charge in [0.25, 0.3) is 0 Å². The fourth-order valence-electron chi connectivity index (χ4n) is 6.88. The third-order valence-electron chi connectivity index (χ3n) is 10.1. The number of H-pyrrole nitrogens is 1. The molecule has 16 heteroatoms. The van der Waals surface area contributed by atoms with Gasteiger partial charge in [-0.15, -0.1) is 10.2 Å². The number of aromatic amines is 1. The van der Waals surface area contributed by atoms with Crippen molar-refractivity contribution in [1.82, 2.24) is 39.5 Å². The maximum absolute atomic E-state index is 14.1. The Balaban J connectivity index is 1.22. The van der Waals surface area contributed by atoms with E-state index >= 15 is 0 Å². The van der Waals surface area contributed by atoms with Crippen molar-refractivity contribution in [2.24, 2.45) is 0 Å². The second kappa shape index (κ2) is 19.9. The van der Waals surface area contributed by atoms with E-state index in [1.807, 2.05) is 0 Å². The third-order valence-corrected chi connectivity index (χ3v) is 11.6. The molecule has 58 heavy (non-hydrogen) atoms. The summed E-state index contributed by atoms with van der Waals surface area (Å²) in [6, 6.07) is 10.4. The van der Waals surface area contributed by atoms with E-state index in [1.54, 1.807) is 33.9 Å². The van der Waals surface area contributed by atoms with E-state index in [0.29, 0.717) is 22.5 Å². The highest BCUT2D eigenvalue weighted by atomic mass is 35.5. The van der Waals surface area contributed by atoms with Crippen molar-refractivity contribution in [2.75, 3.05) is 0 Å². The topological polar surface area (TPSA) is 157 Å². The van der Waals surface area contributed by atoms with E-state index in [4.69, 9.17) is 46.4 Å². The number of ketones is 2. The van der Waals surface area contributed by atoms with E-state index in [9.17, 15) is 19.8 Å². The van der Waals surface area contributed by atoms with Gasteiger partial charge < -0.3 is 15.2 Å². The van der Waals surface area contributed by atoms with Crippen LogP contribution in [0, 0.1) is 0 Å². The molecule has 2 aromatic carbocycles. The second-order valence-electron chi connectivity index (χ2n) is 14.4. The van der Waals surface area contributed by atoms with Crippen LogP contribution in [-0.4, -0.2) is 61.3 Å². The van der Waals surface area contributed by atoms with Gasteiger partial charge in [-0.3, -0.25) is 23.5 Å². The van der Waals surface area contributed by atoms with Gasteiger partial charge in [-0.25, -0.2) is 0 Å². The highest BCUT2D eigenvalue weighted by Crippen LogP contribution is 2.41. The monoisotopic (exact) mass is 866 g/mol. The van der Waals surface area contributed by atoms with E-state index in [2.05, 4.69) is 39.5 Å². The van der Waals surface area contributed by atoms with E-state index < -0.39 is 11.6 Å². The zero-order chi connectivity index (χ0) is 41.3. The quantitative estimate of drug-likeness (QED) is 0.0477. The number of unbranched alkanes of at least 4 members (excludes halogenated alkanes) is 10. The zero-order valence-electron chi connectivity index (χ0n) is 32.4. The molecule has 4 heterocycles. The minimum Gasteiger partial charge on any atom is -0.507 e. The number of carbonyl (C=O) groups excluding carboxylic acids is 2. The molecule has 3 N–H and O–H groups in total. The predicted molar refractivity (Wildman–Crippen MR) is 228 cm³/mol. The van der Waals surface area contributed by atoms with Crippen LogP contribution in [0.5, 0.6) is 11.5 Å². The lowest BCUT2D eigenvalue weighted by atomic mass is 10.0. The maximum atomic E-state index is 14.1. The van der Waals surface area contributed by atoms with Crippen molar-refractivity contribution < 1.29 is 19.8 Å². The van der Waals surface area contributed by atoms with Crippen molar-refractivity contribution in [3.05, 3.63) is 97.7 Å². The van der Waals surface area contributed by atoms with Crippen LogP contribution in [0.2, 0.25) is 20.4 Å². The van der Waals surface area contributed by atoms with E-state index in [-0.39, 0.29) is 60.1 Å². The molecule has 6 aromatic rings. The fourth-order valence-corrected chi connectivity index (χ4v) is 7.71. The molecule has 12 nitrogen and oxygen atoms in total. The van der Waals surface area contributed by atoms with Crippen molar-refractivity contribution >= 4 is 58.0 Å². The third kappa shape index (κ3) is 9.80. The van der Waals surface area contributed by atoms with Gasteiger partial charge in [-0.2, -0.15) is 0 Å². The summed E-state index contributed by atoms with van der Waals surface area (Å²) in [4.78, 5) is 31.1. The number of benzene rings is 2. The molecular formula is C42H46Cl4N8O4. The number of halogens is 4. The Morgan fingerprint density at radius 1 is 0.655 bits per heavy atom. The second-order valence-corrected chi connectivity index (χ2v) is 15.9. The number of phenolic OH excluding ortho intramolecular Hbond substituents is 2. The van der Waals surface area contributed by atoms with Gasteiger partial charge in [-0.05, 0) is 43.2 Å². The molecule has 4 aromatic heterocycles. The van der Waals surface area contributed by atoms with Gasteiger partial charge in [-0.1, -0.05) is 147 Å². The van der Waals surface area contributed by atoms with E-state index in [0.717, 1.165) is 38.8 Å². The fraction of sp³-hybridized carbons (Fsp3) is 0.381. The van der Waals surface area contributed by atoms with Crippen LogP contribution < -0.4 is 0 Å². The average molecular weight is 869 g/mol. The molecule has 0 saturated carbocycles.